The molecule has 1 aromatic carbocycles. The summed E-state index contributed by atoms with van der Waals surface area (Å²) in [5.74, 6) is -1.19. The number of amides is 1. The van der Waals surface area contributed by atoms with Crippen molar-refractivity contribution in [3.05, 3.63) is 46.3 Å². The summed E-state index contributed by atoms with van der Waals surface area (Å²) in [6.07, 6.45) is 0.260. The van der Waals surface area contributed by atoms with Crippen molar-refractivity contribution >= 4 is 28.1 Å². The van der Waals surface area contributed by atoms with Crippen LogP contribution < -0.4 is 10.1 Å². The second kappa shape index (κ2) is 6.35. The molecule has 1 fully saturated rings. The number of thiazole rings is 1. The zero-order chi connectivity index (χ0) is 18.3. The Morgan fingerprint density at radius 3 is 3.00 bits per heavy atom. The van der Waals surface area contributed by atoms with E-state index in [2.05, 4.69) is 15.3 Å². The largest absolute Gasteiger partial charge is 0.484 e. The van der Waals surface area contributed by atoms with Gasteiger partial charge in [0, 0.05) is 34.0 Å². The van der Waals surface area contributed by atoms with Gasteiger partial charge in [-0.05, 0) is 18.6 Å². The van der Waals surface area contributed by atoms with E-state index in [1.807, 2.05) is 5.38 Å². The first kappa shape index (κ1) is 17.0. The Morgan fingerprint density at radius 1 is 1.50 bits per heavy atom. The number of aromatic nitrogens is 2. The van der Waals surface area contributed by atoms with Gasteiger partial charge in [-0.2, -0.15) is 0 Å². The average molecular weight is 377 g/mol. The lowest BCUT2D eigenvalue weighted by atomic mass is 10.2. The van der Waals surface area contributed by atoms with Gasteiger partial charge < -0.3 is 15.0 Å². The van der Waals surface area contributed by atoms with Crippen molar-refractivity contribution in [2.24, 2.45) is 5.92 Å². The monoisotopic (exact) mass is 377 g/mol. The summed E-state index contributed by atoms with van der Waals surface area (Å²) in [5, 5.41) is 5.08. The molecule has 0 radical (unpaired) electrons. The molecule has 2 atom stereocenters. The normalized spacial score (nSPS) is 21.7. The van der Waals surface area contributed by atoms with Crippen LogP contribution in [0.2, 0.25) is 0 Å². The quantitative estimate of drug-likeness (QED) is 0.688. The fraction of sp³-hybridized carbons (Fsp3) is 0.333. The van der Waals surface area contributed by atoms with Gasteiger partial charge in [-0.1, -0.05) is 6.92 Å². The Morgan fingerprint density at radius 2 is 2.31 bits per heavy atom. The Balaban J connectivity index is 1.45. The van der Waals surface area contributed by atoms with Gasteiger partial charge in [-0.25, -0.2) is 13.8 Å². The van der Waals surface area contributed by atoms with E-state index in [9.17, 15) is 13.6 Å². The first-order chi connectivity index (χ1) is 12.5. The zero-order valence-corrected chi connectivity index (χ0v) is 14.8. The molecule has 4 rings (SSSR count). The molecule has 8 heteroatoms. The first-order valence-corrected chi connectivity index (χ1v) is 9.18. The Labute approximate surface area is 152 Å². The number of hydrogen-bond acceptors (Lipinski definition) is 4. The molecule has 136 valence electrons. The highest BCUT2D eigenvalue weighted by molar-refractivity contribution is 7.07. The van der Waals surface area contributed by atoms with Crippen LogP contribution >= 0.6 is 11.3 Å². The maximum atomic E-state index is 14.2. The summed E-state index contributed by atoms with van der Waals surface area (Å²) in [7, 11) is 0. The molecule has 26 heavy (non-hydrogen) atoms. The summed E-state index contributed by atoms with van der Waals surface area (Å²) in [6.45, 7) is 2.05. The number of aromatic amines is 1. The maximum Gasteiger partial charge on any atom is 0.258 e. The van der Waals surface area contributed by atoms with Gasteiger partial charge in [0.2, 0.25) is 0 Å². The van der Waals surface area contributed by atoms with Gasteiger partial charge in [-0.3, -0.25) is 4.79 Å². The van der Waals surface area contributed by atoms with E-state index in [1.165, 1.54) is 17.4 Å². The number of benzene rings is 1. The van der Waals surface area contributed by atoms with Crippen LogP contribution in [0.5, 0.6) is 5.75 Å². The molecule has 0 saturated heterocycles. The lowest BCUT2D eigenvalue weighted by Crippen LogP contribution is -2.34. The molecule has 5 nitrogen and oxygen atoms in total. The number of fused-ring (bicyclic) bond motifs is 1. The predicted molar refractivity (Wildman–Crippen MR) is 94.2 cm³/mol. The predicted octanol–water partition coefficient (Wildman–Crippen LogP) is 3.71. The number of halogens is 2. The second-order valence-electron chi connectivity index (χ2n) is 6.58. The zero-order valence-electron chi connectivity index (χ0n) is 14.0. The molecule has 3 aromatic rings. The fourth-order valence-electron chi connectivity index (χ4n) is 2.89. The van der Waals surface area contributed by atoms with Crippen molar-refractivity contribution in [3.8, 4) is 5.75 Å². The van der Waals surface area contributed by atoms with E-state index in [1.54, 1.807) is 24.6 Å². The minimum Gasteiger partial charge on any atom is -0.484 e. The highest BCUT2D eigenvalue weighted by atomic mass is 32.1. The Kier molecular flexibility index (Phi) is 4.14. The van der Waals surface area contributed by atoms with Gasteiger partial charge in [0.25, 0.3) is 5.91 Å². The molecule has 2 aromatic heterocycles. The molecule has 2 N–H and O–H groups in total. The number of H-pyrrole nitrogens is 1. The number of alkyl halides is 1. The number of rotatable bonds is 6. The Bertz CT molecular complexity index is 957. The van der Waals surface area contributed by atoms with Crippen LogP contribution in [0, 0.1) is 11.7 Å². The van der Waals surface area contributed by atoms with Gasteiger partial charge in [-0.15, -0.1) is 11.3 Å². The van der Waals surface area contributed by atoms with Crippen LogP contribution in [0.15, 0.2) is 29.1 Å². The lowest BCUT2D eigenvalue weighted by Gasteiger charge is -2.07. The summed E-state index contributed by atoms with van der Waals surface area (Å²) in [5.41, 5.74) is 2.03. The number of hydrogen-bond donors (Lipinski definition) is 2. The molecular weight excluding hydrogens is 360 g/mol. The van der Waals surface area contributed by atoms with E-state index in [0.29, 0.717) is 16.6 Å². The first-order valence-electron chi connectivity index (χ1n) is 8.24. The summed E-state index contributed by atoms with van der Waals surface area (Å²) in [6, 6.07) is 4.67. The molecule has 1 amide bonds. The molecule has 1 saturated carbocycles. The molecule has 0 spiro atoms. The smallest absolute Gasteiger partial charge is 0.258 e. The molecule has 0 aliphatic heterocycles. The molecule has 0 bridgehead atoms. The second-order valence-corrected chi connectivity index (χ2v) is 7.30. The number of ether oxygens (including phenoxy) is 1. The topological polar surface area (TPSA) is 67.0 Å². The maximum absolute atomic E-state index is 14.2. The van der Waals surface area contributed by atoms with Crippen LogP contribution in [0.25, 0.3) is 10.9 Å². The van der Waals surface area contributed by atoms with Gasteiger partial charge >= 0.3 is 0 Å². The molecule has 1 aliphatic rings. The van der Waals surface area contributed by atoms with Crippen LogP contribution in [0.4, 0.5) is 8.78 Å². The van der Waals surface area contributed by atoms with E-state index in [0.717, 1.165) is 5.69 Å². The van der Waals surface area contributed by atoms with Crippen molar-refractivity contribution in [2.45, 2.75) is 32.2 Å². The van der Waals surface area contributed by atoms with Crippen molar-refractivity contribution in [3.63, 3.8) is 0 Å². The van der Waals surface area contributed by atoms with Crippen molar-refractivity contribution in [1.82, 2.24) is 15.3 Å². The van der Waals surface area contributed by atoms with Crippen molar-refractivity contribution in [1.29, 1.82) is 0 Å². The molecule has 1 aliphatic carbocycles. The van der Waals surface area contributed by atoms with Crippen molar-refractivity contribution in [2.75, 3.05) is 0 Å². The Hall–Kier alpha value is -2.48. The van der Waals surface area contributed by atoms with Gasteiger partial charge in [0.1, 0.15) is 6.61 Å². The van der Waals surface area contributed by atoms with E-state index in [-0.39, 0.29) is 31.2 Å². The minimum atomic E-state index is -1.74. The fourth-order valence-corrected chi connectivity index (χ4v) is 3.43. The van der Waals surface area contributed by atoms with Crippen LogP contribution in [0.3, 0.4) is 0 Å². The number of carbonyl (C=O) groups excluding carboxylic acids is 1. The third-order valence-electron chi connectivity index (χ3n) is 4.63. The van der Waals surface area contributed by atoms with Gasteiger partial charge in [0.15, 0.2) is 17.2 Å². The molecule has 2 heterocycles. The standard InChI is InChI=1S/C18H17F2N3O2S/c1-10-5-18(10,20)17(24)21-6-12-2-11-3-14(19)16(4-15(11)23-12)25-7-13-8-26-9-22-13/h2-4,8-10,23H,5-7H2,1H3,(H,21,24). The van der Waals surface area contributed by atoms with Crippen LogP contribution in [0.1, 0.15) is 24.7 Å². The van der Waals surface area contributed by atoms with E-state index < -0.39 is 17.4 Å². The number of nitrogens with one attached hydrogen (secondary N) is 2. The SMILES string of the molecule is CC1CC1(F)C(=O)NCc1cc2cc(F)c(OCc3cscn3)cc2[nH]1. The number of carbonyl (C=O) groups is 1. The average Bonchev–Trinajstić information content (AvgIpc) is 3.02. The van der Waals surface area contributed by atoms with Gasteiger partial charge in [0.05, 0.1) is 17.7 Å². The van der Waals surface area contributed by atoms with Crippen LogP contribution in [-0.2, 0) is 17.9 Å². The van der Waals surface area contributed by atoms with E-state index in [4.69, 9.17) is 4.74 Å². The van der Waals surface area contributed by atoms with Crippen molar-refractivity contribution < 1.29 is 18.3 Å². The third-order valence-corrected chi connectivity index (χ3v) is 5.26. The van der Waals surface area contributed by atoms with E-state index >= 15 is 0 Å². The highest BCUT2D eigenvalue weighted by Gasteiger charge is 2.58. The summed E-state index contributed by atoms with van der Waals surface area (Å²) < 4.78 is 33.7. The summed E-state index contributed by atoms with van der Waals surface area (Å²) >= 11 is 1.45. The highest BCUT2D eigenvalue weighted by Crippen LogP contribution is 2.46. The minimum absolute atomic E-state index is 0.123. The molecular formula is C18H17F2N3O2S. The lowest BCUT2D eigenvalue weighted by molar-refractivity contribution is -0.128. The third kappa shape index (κ3) is 3.16. The number of nitrogens with zero attached hydrogens (tertiary/aromatic N) is 1. The molecule has 2 unspecified atom stereocenters. The summed E-state index contributed by atoms with van der Waals surface area (Å²) in [4.78, 5) is 19.0. The van der Waals surface area contributed by atoms with Crippen LogP contribution in [-0.4, -0.2) is 21.5 Å².